The summed E-state index contributed by atoms with van der Waals surface area (Å²) >= 11 is 0. The zero-order valence-electron chi connectivity index (χ0n) is 22.1. The molecule has 0 radical (unpaired) electrons. The van der Waals surface area contributed by atoms with Crippen LogP contribution in [0.15, 0.2) is 36.4 Å². The number of carbonyl (C=O) groups excluding carboxylic acids is 2. The molecule has 8 nitrogen and oxygen atoms in total. The van der Waals surface area contributed by atoms with E-state index < -0.39 is 15.6 Å². The Morgan fingerprint density at radius 1 is 0.944 bits per heavy atom. The van der Waals surface area contributed by atoms with Crippen molar-refractivity contribution in [2.45, 2.75) is 77.3 Å². The maximum atomic E-state index is 13.3. The van der Waals surface area contributed by atoms with Crippen LogP contribution in [0.2, 0.25) is 0 Å². The minimum atomic E-state index is -3.36. The lowest BCUT2D eigenvalue weighted by atomic mass is 9.78. The Labute approximate surface area is 213 Å². The quantitative estimate of drug-likeness (QED) is 0.445. The topological polar surface area (TPSA) is 125 Å². The van der Waals surface area contributed by atoms with Gasteiger partial charge in [-0.2, -0.15) is 0 Å². The summed E-state index contributed by atoms with van der Waals surface area (Å²) in [5.41, 5.74) is 1.31. The van der Waals surface area contributed by atoms with Crippen molar-refractivity contribution in [1.82, 2.24) is 10.6 Å². The van der Waals surface area contributed by atoms with Gasteiger partial charge in [0.05, 0.1) is 6.26 Å². The molecule has 0 aromatic heterocycles. The predicted octanol–water partition coefficient (Wildman–Crippen LogP) is 3.94. The van der Waals surface area contributed by atoms with E-state index in [2.05, 4.69) is 15.4 Å². The molecule has 1 saturated carbocycles. The Balaban J connectivity index is 1.73. The van der Waals surface area contributed by atoms with Crippen LogP contribution < -0.4 is 15.4 Å². The van der Waals surface area contributed by atoms with Crippen molar-refractivity contribution in [2.24, 2.45) is 0 Å². The lowest BCUT2D eigenvalue weighted by Gasteiger charge is -2.28. The minimum Gasteiger partial charge on any atom is -0.507 e. The second-order valence-corrected chi connectivity index (χ2v) is 13.5. The zero-order valence-corrected chi connectivity index (χ0v) is 22.9. The van der Waals surface area contributed by atoms with E-state index in [1.807, 2.05) is 41.5 Å². The van der Waals surface area contributed by atoms with Gasteiger partial charge in [0.1, 0.15) is 11.3 Å². The SMILES string of the molecule is CC(C)(C)c1cc(C(=O)NC2(C(=O)NCc3ccc(NS(C)(=O)=O)cc3)CC2)cc(C(C)(C)C)c1O. The predicted molar refractivity (Wildman–Crippen MR) is 142 cm³/mol. The van der Waals surface area contributed by atoms with E-state index >= 15 is 0 Å². The molecule has 0 atom stereocenters. The Morgan fingerprint density at radius 3 is 1.86 bits per heavy atom. The highest BCUT2D eigenvalue weighted by Crippen LogP contribution is 2.41. The number of anilines is 1. The van der Waals surface area contributed by atoms with Gasteiger partial charge in [-0.05, 0) is 53.5 Å². The van der Waals surface area contributed by atoms with Crippen LogP contribution in [0.5, 0.6) is 5.75 Å². The fraction of sp³-hybridized carbons (Fsp3) is 0.481. The first-order chi connectivity index (χ1) is 16.4. The van der Waals surface area contributed by atoms with E-state index in [-0.39, 0.29) is 34.9 Å². The number of benzene rings is 2. The van der Waals surface area contributed by atoms with Gasteiger partial charge >= 0.3 is 0 Å². The number of phenolic OH excluding ortho intramolecular Hbond substituents is 1. The van der Waals surface area contributed by atoms with Gasteiger partial charge in [0, 0.05) is 28.9 Å². The van der Waals surface area contributed by atoms with Crippen molar-refractivity contribution in [3.8, 4) is 5.75 Å². The van der Waals surface area contributed by atoms with Crippen molar-refractivity contribution in [2.75, 3.05) is 11.0 Å². The number of hydrogen-bond acceptors (Lipinski definition) is 5. The first-order valence-electron chi connectivity index (χ1n) is 12.0. The molecule has 0 unspecified atom stereocenters. The molecular weight excluding hydrogens is 478 g/mol. The molecule has 1 aliphatic carbocycles. The fourth-order valence-corrected chi connectivity index (χ4v) is 4.55. The van der Waals surface area contributed by atoms with Crippen LogP contribution in [0.25, 0.3) is 0 Å². The van der Waals surface area contributed by atoms with Gasteiger partial charge in [-0.15, -0.1) is 0 Å². The second kappa shape index (κ2) is 9.42. The normalized spacial score (nSPS) is 15.2. The lowest BCUT2D eigenvalue weighted by Crippen LogP contribution is -2.48. The average molecular weight is 516 g/mol. The summed E-state index contributed by atoms with van der Waals surface area (Å²) < 4.78 is 25.1. The van der Waals surface area contributed by atoms with Crippen LogP contribution in [-0.2, 0) is 32.2 Å². The summed E-state index contributed by atoms with van der Waals surface area (Å²) in [4.78, 5) is 26.2. The smallest absolute Gasteiger partial charge is 0.252 e. The molecule has 36 heavy (non-hydrogen) atoms. The third kappa shape index (κ3) is 6.57. The number of phenols is 1. The van der Waals surface area contributed by atoms with E-state index in [0.717, 1.165) is 11.8 Å². The molecule has 1 fully saturated rings. The van der Waals surface area contributed by atoms with Crippen LogP contribution in [0.3, 0.4) is 0 Å². The number of aromatic hydroxyl groups is 1. The summed E-state index contributed by atoms with van der Waals surface area (Å²) in [6.07, 6.45) is 2.16. The van der Waals surface area contributed by atoms with Gasteiger partial charge in [0.25, 0.3) is 5.91 Å². The number of sulfonamides is 1. The van der Waals surface area contributed by atoms with Gasteiger partial charge in [-0.25, -0.2) is 8.42 Å². The van der Waals surface area contributed by atoms with Gasteiger partial charge in [0.2, 0.25) is 15.9 Å². The molecule has 4 N–H and O–H groups in total. The Kier molecular flexibility index (Phi) is 7.20. The summed E-state index contributed by atoms with van der Waals surface area (Å²) in [6.45, 7) is 12.1. The number of hydrogen-bond donors (Lipinski definition) is 4. The van der Waals surface area contributed by atoms with Crippen LogP contribution in [-0.4, -0.2) is 37.1 Å². The molecule has 0 saturated heterocycles. The van der Waals surface area contributed by atoms with Crippen LogP contribution in [0.1, 0.15) is 81.4 Å². The highest BCUT2D eigenvalue weighted by molar-refractivity contribution is 7.92. The Bertz CT molecular complexity index is 1230. The zero-order chi connectivity index (χ0) is 27.1. The van der Waals surface area contributed by atoms with Crippen molar-refractivity contribution in [3.63, 3.8) is 0 Å². The van der Waals surface area contributed by atoms with E-state index in [1.165, 1.54) is 0 Å². The molecule has 2 amide bonds. The number of rotatable bonds is 7. The average Bonchev–Trinajstić information content (AvgIpc) is 3.51. The molecule has 9 heteroatoms. The molecule has 0 heterocycles. The summed E-state index contributed by atoms with van der Waals surface area (Å²) in [7, 11) is -3.36. The molecule has 2 aromatic rings. The van der Waals surface area contributed by atoms with Crippen molar-refractivity contribution >= 4 is 27.5 Å². The van der Waals surface area contributed by atoms with Gasteiger partial charge in [-0.1, -0.05) is 53.7 Å². The monoisotopic (exact) mass is 515 g/mol. The first-order valence-corrected chi connectivity index (χ1v) is 13.9. The van der Waals surface area contributed by atoms with E-state index in [4.69, 9.17) is 0 Å². The number of nitrogens with one attached hydrogen (secondary N) is 3. The highest BCUT2D eigenvalue weighted by atomic mass is 32.2. The van der Waals surface area contributed by atoms with Gasteiger partial charge in [0.15, 0.2) is 0 Å². The van der Waals surface area contributed by atoms with E-state index in [0.29, 0.717) is 35.2 Å². The molecule has 0 bridgehead atoms. The molecule has 0 aliphatic heterocycles. The van der Waals surface area contributed by atoms with Crippen LogP contribution in [0, 0.1) is 0 Å². The molecule has 2 aromatic carbocycles. The van der Waals surface area contributed by atoms with Crippen LogP contribution >= 0.6 is 0 Å². The summed E-state index contributed by atoms with van der Waals surface area (Å²) in [6, 6.07) is 10.1. The van der Waals surface area contributed by atoms with E-state index in [1.54, 1.807) is 36.4 Å². The third-order valence-corrected chi connectivity index (χ3v) is 6.84. The fourth-order valence-electron chi connectivity index (χ4n) is 3.99. The van der Waals surface area contributed by atoms with Crippen molar-refractivity contribution in [1.29, 1.82) is 0 Å². The van der Waals surface area contributed by atoms with Gasteiger partial charge < -0.3 is 15.7 Å². The standard InChI is InChI=1S/C27H37N3O5S/c1-25(2,3)20-14-18(15-21(22(20)31)26(4,5)6)23(32)29-27(12-13-27)24(33)28-16-17-8-10-19(11-9-17)30-36(7,34)35/h8-11,14-15,30-31H,12-13,16H2,1-7H3,(H,28,33)(H,29,32). The summed E-state index contributed by atoms with van der Waals surface area (Å²) in [5, 5.41) is 16.7. The lowest BCUT2D eigenvalue weighted by molar-refractivity contribution is -0.124. The molecule has 1 aliphatic rings. The molecule has 0 spiro atoms. The first kappa shape index (κ1) is 27.5. The largest absolute Gasteiger partial charge is 0.507 e. The summed E-state index contributed by atoms with van der Waals surface area (Å²) in [5.74, 6) is -0.418. The Hall–Kier alpha value is -3.07. The van der Waals surface area contributed by atoms with Crippen molar-refractivity contribution < 1.29 is 23.1 Å². The second-order valence-electron chi connectivity index (χ2n) is 11.7. The third-order valence-electron chi connectivity index (χ3n) is 6.24. The van der Waals surface area contributed by atoms with E-state index in [9.17, 15) is 23.1 Å². The maximum absolute atomic E-state index is 13.3. The Morgan fingerprint density at radius 2 is 1.44 bits per heavy atom. The van der Waals surface area contributed by atoms with Crippen LogP contribution in [0.4, 0.5) is 5.69 Å². The number of amides is 2. The maximum Gasteiger partial charge on any atom is 0.252 e. The number of carbonyl (C=O) groups is 2. The molecule has 3 rings (SSSR count). The molecule has 196 valence electrons. The minimum absolute atomic E-state index is 0.197. The van der Waals surface area contributed by atoms with Crippen molar-refractivity contribution in [3.05, 3.63) is 58.7 Å². The molecular formula is C27H37N3O5S. The van der Waals surface area contributed by atoms with Gasteiger partial charge in [-0.3, -0.25) is 14.3 Å². The highest BCUT2D eigenvalue weighted by Gasteiger charge is 2.51.